The van der Waals surface area contributed by atoms with Gasteiger partial charge in [0.1, 0.15) is 17.1 Å². The van der Waals surface area contributed by atoms with Gasteiger partial charge in [-0.05, 0) is 53.9 Å². The molecular weight excluding hydrogens is 310 g/mol. The first-order valence-corrected chi connectivity index (χ1v) is 9.21. The van der Waals surface area contributed by atoms with E-state index in [0.717, 1.165) is 23.6 Å². The van der Waals surface area contributed by atoms with E-state index in [-0.39, 0.29) is 4.75 Å². The van der Waals surface area contributed by atoms with Crippen LogP contribution in [0.25, 0.3) is 0 Å². The van der Waals surface area contributed by atoms with Crippen molar-refractivity contribution in [2.24, 2.45) is 4.99 Å². The van der Waals surface area contributed by atoms with Gasteiger partial charge in [-0.2, -0.15) is 11.8 Å². The average Bonchev–Trinajstić information content (AvgIpc) is 2.82. The Hall–Kier alpha value is -1.14. The molecule has 0 spiro atoms. The van der Waals surface area contributed by atoms with Crippen LogP contribution in [0.3, 0.4) is 0 Å². The number of aliphatic imine (C=N–C) groups is 1. The number of thioether (sulfide) groups is 1. The number of guanidine groups is 1. The summed E-state index contributed by atoms with van der Waals surface area (Å²) in [6.45, 7) is 13.7. The summed E-state index contributed by atoms with van der Waals surface area (Å²) in [5, 5.41) is 17.2. The number of furan rings is 1. The first kappa shape index (κ1) is 19.9. The van der Waals surface area contributed by atoms with Crippen molar-refractivity contribution in [2.75, 3.05) is 25.9 Å². The van der Waals surface area contributed by atoms with Crippen LogP contribution in [-0.2, 0) is 5.60 Å². The quantitative estimate of drug-likeness (QED) is 0.525. The molecule has 0 bridgehead atoms. The molecule has 1 unspecified atom stereocenters. The summed E-state index contributed by atoms with van der Waals surface area (Å²) in [5.41, 5.74) is -0.213. The molecule has 1 heterocycles. The molecule has 0 radical (unpaired) electrons. The largest absolute Gasteiger partial charge is 0.466 e. The van der Waals surface area contributed by atoms with Crippen LogP contribution >= 0.6 is 11.8 Å². The van der Waals surface area contributed by atoms with E-state index in [1.165, 1.54) is 0 Å². The number of aryl methyl sites for hydroxylation is 2. The molecule has 0 saturated carbocycles. The van der Waals surface area contributed by atoms with Crippen LogP contribution < -0.4 is 10.6 Å². The molecule has 1 rings (SSSR count). The highest BCUT2D eigenvalue weighted by Gasteiger charge is 2.28. The average molecular weight is 342 g/mol. The number of aliphatic hydroxyl groups is 1. The topological polar surface area (TPSA) is 69.8 Å². The van der Waals surface area contributed by atoms with Crippen molar-refractivity contribution < 1.29 is 9.52 Å². The summed E-state index contributed by atoms with van der Waals surface area (Å²) in [6, 6.07) is 1.89. The van der Waals surface area contributed by atoms with Crippen LogP contribution in [0, 0.1) is 13.8 Å². The first-order chi connectivity index (χ1) is 10.6. The van der Waals surface area contributed by atoms with Gasteiger partial charge in [0.05, 0.1) is 13.1 Å². The number of hydrogen-bond donors (Lipinski definition) is 3. The van der Waals surface area contributed by atoms with Crippen molar-refractivity contribution in [3.05, 3.63) is 23.2 Å². The zero-order valence-electron chi connectivity index (χ0n) is 15.4. The molecule has 6 heteroatoms. The summed E-state index contributed by atoms with van der Waals surface area (Å²) in [5.74, 6) is 2.27. The Kier molecular flexibility index (Phi) is 7.02. The summed E-state index contributed by atoms with van der Waals surface area (Å²) in [7, 11) is 0. The smallest absolute Gasteiger partial charge is 0.191 e. The maximum atomic E-state index is 10.8. The fourth-order valence-corrected chi connectivity index (χ4v) is 2.39. The third-order valence-electron chi connectivity index (χ3n) is 3.74. The summed E-state index contributed by atoms with van der Waals surface area (Å²) < 4.78 is 5.61. The van der Waals surface area contributed by atoms with Crippen molar-refractivity contribution in [2.45, 2.75) is 51.9 Å². The highest BCUT2D eigenvalue weighted by molar-refractivity contribution is 7.99. The fourth-order valence-electron chi connectivity index (χ4n) is 2.19. The monoisotopic (exact) mass is 341 g/mol. The van der Waals surface area contributed by atoms with Gasteiger partial charge in [0.25, 0.3) is 0 Å². The molecule has 0 fully saturated rings. The maximum Gasteiger partial charge on any atom is 0.191 e. The molecule has 5 nitrogen and oxygen atoms in total. The molecule has 0 aliphatic rings. The Labute approximate surface area is 144 Å². The van der Waals surface area contributed by atoms with Gasteiger partial charge in [0.15, 0.2) is 5.96 Å². The Balaban J connectivity index is 2.77. The van der Waals surface area contributed by atoms with E-state index in [1.54, 1.807) is 18.7 Å². The van der Waals surface area contributed by atoms with E-state index in [1.807, 2.05) is 26.8 Å². The molecule has 1 atom stereocenters. The lowest BCUT2D eigenvalue weighted by Crippen LogP contribution is -2.45. The van der Waals surface area contributed by atoms with Gasteiger partial charge in [0.2, 0.25) is 0 Å². The number of nitrogens with zero attached hydrogens (tertiary/aromatic N) is 1. The molecule has 0 saturated heterocycles. The van der Waals surface area contributed by atoms with Gasteiger partial charge in [-0.3, -0.25) is 4.99 Å². The lowest BCUT2D eigenvalue weighted by Gasteiger charge is -2.25. The third-order valence-corrected chi connectivity index (χ3v) is 4.97. The Morgan fingerprint density at radius 3 is 2.43 bits per heavy atom. The summed E-state index contributed by atoms with van der Waals surface area (Å²) >= 11 is 1.79. The maximum absolute atomic E-state index is 10.8. The molecular formula is C17H31N3O2S. The lowest BCUT2D eigenvalue weighted by atomic mass is 9.96. The number of hydrogen-bond acceptors (Lipinski definition) is 4. The third kappa shape index (κ3) is 6.11. The first-order valence-electron chi connectivity index (χ1n) is 7.98. The Morgan fingerprint density at radius 1 is 1.30 bits per heavy atom. The molecule has 0 aliphatic heterocycles. The van der Waals surface area contributed by atoms with E-state index >= 15 is 0 Å². The zero-order chi connectivity index (χ0) is 17.7. The van der Waals surface area contributed by atoms with Gasteiger partial charge >= 0.3 is 0 Å². The van der Waals surface area contributed by atoms with E-state index in [2.05, 4.69) is 35.7 Å². The standard InChI is InChI=1S/C17H31N3O2S/c1-8-18-15(19-10-16(4,5)23-7)20-11-17(6,21)14-9-12(2)22-13(14)3/h9,21H,8,10-11H2,1-7H3,(H2,18,19,20). The van der Waals surface area contributed by atoms with Gasteiger partial charge in [-0.15, -0.1) is 0 Å². The predicted octanol–water partition coefficient (Wildman–Crippen LogP) is 2.80. The molecule has 1 aromatic heterocycles. The minimum atomic E-state index is -1.02. The van der Waals surface area contributed by atoms with Gasteiger partial charge < -0.3 is 20.2 Å². The fraction of sp³-hybridized carbons (Fsp3) is 0.706. The minimum Gasteiger partial charge on any atom is -0.466 e. The van der Waals surface area contributed by atoms with Crippen LogP contribution in [0.5, 0.6) is 0 Å². The van der Waals surface area contributed by atoms with E-state index < -0.39 is 5.60 Å². The van der Waals surface area contributed by atoms with Crippen LogP contribution in [0.1, 0.15) is 44.8 Å². The Bertz CT molecular complexity index is 536. The Morgan fingerprint density at radius 2 is 1.96 bits per heavy atom. The van der Waals surface area contributed by atoms with Crippen molar-refractivity contribution in [1.82, 2.24) is 10.6 Å². The van der Waals surface area contributed by atoms with Crippen LogP contribution in [0.15, 0.2) is 15.5 Å². The molecule has 0 aromatic carbocycles. The molecule has 0 aliphatic carbocycles. The van der Waals surface area contributed by atoms with Gasteiger partial charge in [-0.1, -0.05) is 0 Å². The van der Waals surface area contributed by atoms with Gasteiger partial charge in [-0.25, -0.2) is 0 Å². The van der Waals surface area contributed by atoms with E-state index in [0.29, 0.717) is 19.0 Å². The van der Waals surface area contributed by atoms with Crippen molar-refractivity contribution in [3.8, 4) is 0 Å². The highest BCUT2D eigenvalue weighted by atomic mass is 32.2. The van der Waals surface area contributed by atoms with Crippen molar-refractivity contribution in [1.29, 1.82) is 0 Å². The second kappa shape index (κ2) is 8.11. The summed E-state index contributed by atoms with van der Waals surface area (Å²) in [6.07, 6.45) is 2.09. The molecule has 23 heavy (non-hydrogen) atoms. The predicted molar refractivity (Wildman–Crippen MR) is 99.3 cm³/mol. The second-order valence-corrected chi connectivity index (χ2v) is 8.13. The summed E-state index contributed by atoms with van der Waals surface area (Å²) in [4.78, 5) is 4.62. The van der Waals surface area contributed by atoms with Crippen molar-refractivity contribution in [3.63, 3.8) is 0 Å². The van der Waals surface area contributed by atoms with Crippen LogP contribution in [0.2, 0.25) is 0 Å². The van der Waals surface area contributed by atoms with Crippen LogP contribution in [0.4, 0.5) is 0 Å². The minimum absolute atomic E-state index is 0.0864. The van der Waals surface area contributed by atoms with Gasteiger partial charge in [0, 0.05) is 16.9 Å². The van der Waals surface area contributed by atoms with E-state index in [4.69, 9.17) is 4.42 Å². The molecule has 1 aromatic rings. The van der Waals surface area contributed by atoms with E-state index in [9.17, 15) is 5.11 Å². The normalized spacial score (nSPS) is 15.4. The highest BCUT2D eigenvalue weighted by Crippen LogP contribution is 2.26. The lowest BCUT2D eigenvalue weighted by molar-refractivity contribution is 0.0602. The number of rotatable bonds is 7. The van der Waals surface area contributed by atoms with Crippen molar-refractivity contribution >= 4 is 17.7 Å². The molecule has 0 amide bonds. The van der Waals surface area contributed by atoms with Crippen LogP contribution in [-0.4, -0.2) is 41.7 Å². The molecule has 3 N–H and O–H groups in total. The SMILES string of the molecule is CCNC(=NCC(C)(C)SC)NCC(C)(O)c1cc(C)oc1C. The number of nitrogens with one attached hydrogen (secondary N) is 2. The second-order valence-electron chi connectivity index (χ2n) is 6.61. The zero-order valence-corrected chi connectivity index (χ0v) is 16.2. The molecule has 132 valence electrons.